The zero-order chi connectivity index (χ0) is 13.5. The van der Waals surface area contributed by atoms with Gasteiger partial charge in [-0.3, -0.25) is 4.79 Å². The minimum atomic E-state index is 0.0274. The van der Waals surface area contributed by atoms with E-state index in [1.54, 1.807) is 11.3 Å². The first-order chi connectivity index (χ1) is 8.29. The summed E-state index contributed by atoms with van der Waals surface area (Å²) >= 11 is 5.06. The zero-order valence-electron chi connectivity index (χ0n) is 11.2. The van der Waals surface area contributed by atoms with E-state index in [1.165, 1.54) is 0 Å². The SMILES string of the molecule is Cc1cc(C(=O)NC2CN(C)CC2(C)C)c(Br)s1. The number of likely N-dealkylation sites (tertiary alicyclic amines) is 1. The molecule has 1 saturated heterocycles. The largest absolute Gasteiger partial charge is 0.347 e. The molecule has 0 radical (unpaired) electrons. The Morgan fingerprint density at radius 2 is 2.28 bits per heavy atom. The number of likely N-dealkylation sites (N-methyl/N-ethyl adjacent to an activating group) is 1. The molecule has 0 spiro atoms. The summed E-state index contributed by atoms with van der Waals surface area (Å²) in [7, 11) is 2.10. The minimum Gasteiger partial charge on any atom is -0.347 e. The maximum atomic E-state index is 12.3. The van der Waals surface area contributed by atoms with Crippen molar-refractivity contribution in [3.05, 3.63) is 20.3 Å². The van der Waals surface area contributed by atoms with Crippen LogP contribution in [0.5, 0.6) is 0 Å². The zero-order valence-corrected chi connectivity index (χ0v) is 13.6. The molecule has 5 heteroatoms. The highest BCUT2D eigenvalue weighted by molar-refractivity contribution is 9.11. The summed E-state index contributed by atoms with van der Waals surface area (Å²) in [6.45, 7) is 8.35. The molecular weight excluding hydrogens is 312 g/mol. The van der Waals surface area contributed by atoms with Crippen molar-refractivity contribution >= 4 is 33.2 Å². The van der Waals surface area contributed by atoms with Crippen LogP contribution in [0.3, 0.4) is 0 Å². The highest BCUT2D eigenvalue weighted by Gasteiger charge is 2.38. The Labute approximate surface area is 121 Å². The summed E-state index contributed by atoms with van der Waals surface area (Å²) in [6, 6.07) is 2.15. The first kappa shape index (κ1) is 14.0. The molecule has 0 aromatic carbocycles. The molecule has 0 bridgehead atoms. The number of halogens is 1. The van der Waals surface area contributed by atoms with Gasteiger partial charge in [0, 0.05) is 24.0 Å². The van der Waals surface area contributed by atoms with Gasteiger partial charge in [-0.25, -0.2) is 0 Å². The van der Waals surface area contributed by atoms with E-state index in [-0.39, 0.29) is 17.4 Å². The molecule has 1 aromatic heterocycles. The fourth-order valence-corrected chi connectivity index (χ4v) is 4.33. The number of thiophene rings is 1. The molecule has 2 heterocycles. The van der Waals surface area contributed by atoms with E-state index >= 15 is 0 Å². The molecule has 18 heavy (non-hydrogen) atoms. The molecule has 3 nitrogen and oxygen atoms in total. The van der Waals surface area contributed by atoms with Gasteiger partial charge in [-0.1, -0.05) is 13.8 Å². The van der Waals surface area contributed by atoms with Crippen molar-refractivity contribution in [3.8, 4) is 0 Å². The number of aryl methyl sites for hydroxylation is 1. The highest BCUT2D eigenvalue weighted by Crippen LogP contribution is 2.31. The van der Waals surface area contributed by atoms with Crippen LogP contribution in [0.1, 0.15) is 29.1 Å². The fraction of sp³-hybridized carbons (Fsp3) is 0.615. The summed E-state index contributed by atoms with van der Waals surface area (Å²) in [5.74, 6) is 0.0274. The number of nitrogens with zero attached hydrogens (tertiary/aromatic N) is 1. The Bertz CT molecular complexity index is 470. The number of carbonyl (C=O) groups excluding carboxylic acids is 1. The summed E-state index contributed by atoms with van der Waals surface area (Å²) in [6.07, 6.45) is 0. The monoisotopic (exact) mass is 330 g/mol. The third-order valence-corrected chi connectivity index (χ3v) is 5.23. The first-order valence-electron chi connectivity index (χ1n) is 6.05. The van der Waals surface area contributed by atoms with Crippen molar-refractivity contribution in [2.24, 2.45) is 5.41 Å². The normalized spacial score (nSPS) is 23.3. The number of rotatable bonds is 2. The van der Waals surface area contributed by atoms with Crippen LogP contribution >= 0.6 is 27.3 Å². The van der Waals surface area contributed by atoms with Gasteiger partial charge in [0.1, 0.15) is 0 Å². The summed E-state index contributed by atoms with van der Waals surface area (Å²) in [5, 5.41) is 3.17. The van der Waals surface area contributed by atoms with Crippen LogP contribution in [0.4, 0.5) is 0 Å². The Morgan fingerprint density at radius 3 is 2.72 bits per heavy atom. The van der Waals surface area contributed by atoms with Gasteiger partial charge < -0.3 is 10.2 Å². The molecule has 2 rings (SSSR count). The number of hydrogen-bond donors (Lipinski definition) is 1. The van der Waals surface area contributed by atoms with E-state index in [0.717, 1.165) is 27.3 Å². The molecule has 1 aliphatic rings. The summed E-state index contributed by atoms with van der Waals surface area (Å²) in [4.78, 5) is 15.7. The van der Waals surface area contributed by atoms with Crippen LogP contribution in [-0.2, 0) is 0 Å². The quantitative estimate of drug-likeness (QED) is 0.904. The number of nitrogens with one attached hydrogen (secondary N) is 1. The molecule has 1 fully saturated rings. The number of amides is 1. The van der Waals surface area contributed by atoms with Gasteiger partial charge in [-0.2, -0.15) is 0 Å². The minimum absolute atomic E-state index is 0.0274. The maximum absolute atomic E-state index is 12.3. The third kappa shape index (κ3) is 2.78. The lowest BCUT2D eigenvalue weighted by atomic mass is 9.88. The van der Waals surface area contributed by atoms with Crippen LogP contribution in [0.25, 0.3) is 0 Å². The van der Waals surface area contributed by atoms with Crippen molar-refractivity contribution in [1.29, 1.82) is 0 Å². The molecule has 1 aliphatic heterocycles. The molecule has 1 amide bonds. The van der Waals surface area contributed by atoms with Gasteiger partial charge >= 0.3 is 0 Å². The first-order valence-corrected chi connectivity index (χ1v) is 7.66. The molecule has 1 aromatic rings. The summed E-state index contributed by atoms with van der Waals surface area (Å²) in [5.41, 5.74) is 0.880. The third-order valence-electron chi connectivity index (χ3n) is 3.47. The van der Waals surface area contributed by atoms with Gasteiger partial charge in [-0.15, -0.1) is 11.3 Å². The van der Waals surface area contributed by atoms with E-state index < -0.39 is 0 Å². The molecule has 1 atom stereocenters. The van der Waals surface area contributed by atoms with E-state index in [9.17, 15) is 4.79 Å². The van der Waals surface area contributed by atoms with E-state index in [0.29, 0.717) is 0 Å². The van der Waals surface area contributed by atoms with E-state index in [4.69, 9.17) is 0 Å². The van der Waals surface area contributed by atoms with E-state index in [2.05, 4.69) is 47.0 Å². The molecule has 1 N–H and O–H groups in total. The number of hydrogen-bond acceptors (Lipinski definition) is 3. The maximum Gasteiger partial charge on any atom is 0.253 e. The van der Waals surface area contributed by atoms with Gasteiger partial charge in [0.2, 0.25) is 0 Å². The van der Waals surface area contributed by atoms with Crippen LogP contribution in [0.2, 0.25) is 0 Å². The van der Waals surface area contributed by atoms with Gasteiger partial charge in [0.25, 0.3) is 5.91 Å². The average Bonchev–Trinajstić information content (AvgIpc) is 2.66. The fourth-order valence-electron chi connectivity index (χ4n) is 2.55. The van der Waals surface area contributed by atoms with Crippen molar-refractivity contribution in [2.45, 2.75) is 26.8 Å². The Balaban J connectivity index is 2.11. The lowest BCUT2D eigenvalue weighted by Crippen LogP contribution is -2.44. The lowest BCUT2D eigenvalue weighted by molar-refractivity contribution is 0.0916. The smallest absolute Gasteiger partial charge is 0.253 e. The highest BCUT2D eigenvalue weighted by atomic mass is 79.9. The van der Waals surface area contributed by atoms with Crippen LogP contribution < -0.4 is 5.32 Å². The second kappa shape index (κ2) is 4.94. The molecular formula is C13H19BrN2OS. The van der Waals surface area contributed by atoms with Crippen molar-refractivity contribution in [1.82, 2.24) is 10.2 Å². The van der Waals surface area contributed by atoms with Gasteiger partial charge in [-0.05, 0) is 41.4 Å². The summed E-state index contributed by atoms with van der Waals surface area (Å²) < 4.78 is 0.918. The van der Waals surface area contributed by atoms with Crippen molar-refractivity contribution in [2.75, 3.05) is 20.1 Å². The van der Waals surface area contributed by atoms with Crippen molar-refractivity contribution in [3.63, 3.8) is 0 Å². The molecule has 0 saturated carbocycles. The Morgan fingerprint density at radius 1 is 1.61 bits per heavy atom. The van der Waals surface area contributed by atoms with Crippen molar-refractivity contribution < 1.29 is 4.79 Å². The average molecular weight is 331 g/mol. The van der Waals surface area contributed by atoms with Crippen LogP contribution in [-0.4, -0.2) is 37.0 Å². The second-order valence-electron chi connectivity index (χ2n) is 5.76. The standard InChI is InChI=1S/C13H19BrN2OS/c1-8-5-9(11(14)18-8)12(17)15-10-6-16(4)7-13(10,2)3/h5,10H,6-7H2,1-4H3,(H,15,17). The molecule has 100 valence electrons. The number of carbonyl (C=O) groups is 1. The second-order valence-corrected chi connectivity index (χ2v) is 8.33. The van der Waals surface area contributed by atoms with Crippen LogP contribution in [0.15, 0.2) is 9.85 Å². The molecule has 0 aliphatic carbocycles. The lowest BCUT2D eigenvalue weighted by Gasteiger charge is -2.26. The predicted octanol–water partition coefficient (Wildman–Crippen LogP) is 2.89. The molecule has 1 unspecified atom stereocenters. The van der Waals surface area contributed by atoms with E-state index in [1.807, 2.05) is 13.0 Å². The Kier molecular flexibility index (Phi) is 3.85. The van der Waals surface area contributed by atoms with Gasteiger partial charge in [0.05, 0.1) is 9.35 Å². The predicted molar refractivity (Wildman–Crippen MR) is 79.3 cm³/mol. The van der Waals surface area contributed by atoms with Crippen LogP contribution in [0, 0.1) is 12.3 Å². The Hall–Kier alpha value is -0.390. The topological polar surface area (TPSA) is 32.3 Å². The van der Waals surface area contributed by atoms with Gasteiger partial charge in [0.15, 0.2) is 0 Å².